The van der Waals surface area contributed by atoms with Gasteiger partial charge in [0.1, 0.15) is 0 Å². The van der Waals surface area contributed by atoms with E-state index in [0.29, 0.717) is 35.7 Å². The highest BCUT2D eigenvalue weighted by Gasteiger charge is 2.49. The molecule has 5 rings (SSSR count). The van der Waals surface area contributed by atoms with Gasteiger partial charge in [-0.25, -0.2) is 4.68 Å². The van der Waals surface area contributed by atoms with Gasteiger partial charge in [-0.15, -0.1) is 0 Å². The van der Waals surface area contributed by atoms with Crippen LogP contribution in [-0.4, -0.2) is 50.7 Å². The zero-order valence-electron chi connectivity index (χ0n) is 19.0. The van der Waals surface area contributed by atoms with Crippen LogP contribution in [0.5, 0.6) is 0 Å². The maximum Gasteiger partial charge on any atom is 0.223 e. The summed E-state index contributed by atoms with van der Waals surface area (Å²) < 4.78 is 2.08. The van der Waals surface area contributed by atoms with Crippen LogP contribution in [0.25, 0.3) is 5.69 Å². The Labute approximate surface area is 186 Å². The zero-order chi connectivity index (χ0) is 21.4. The van der Waals surface area contributed by atoms with Crippen molar-refractivity contribution in [2.45, 2.75) is 71.0 Å². The predicted octanol–water partition coefficient (Wildman–Crippen LogP) is 4.51. The fourth-order valence-electron chi connectivity index (χ4n) is 6.36. The van der Waals surface area contributed by atoms with Crippen LogP contribution in [0.1, 0.15) is 58.1 Å². The van der Waals surface area contributed by atoms with Gasteiger partial charge in [0.05, 0.1) is 11.4 Å². The number of hydrogen-bond donors (Lipinski definition) is 0. The minimum Gasteiger partial charge on any atom is -0.336 e. The van der Waals surface area contributed by atoms with Crippen LogP contribution in [0.2, 0.25) is 0 Å². The molecule has 0 unspecified atom stereocenters. The first-order valence-corrected chi connectivity index (χ1v) is 12.2. The lowest BCUT2D eigenvalue weighted by molar-refractivity contribution is -0.153. The molecule has 4 heterocycles. The van der Waals surface area contributed by atoms with E-state index in [1.165, 1.54) is 25.0 Å². The molecule has 0 radical (unpaired) electrons. The molecule has 2 aromatic rings. The molecule has 5 nitrogen and oxygen atoms in total. The van der Waals surface area contributed by atoms with E-state index in [1.807, 2.05) is 12.3 Å². The van der Waals surface area contributed by atoms with E-state index in [4.69, 9.17) is 0 Å². The minimum absolute atomic E-state index is 0.426. The van der Waals surface area contributed by atoms with Gasteiger partial charge in [0.25, 0.3) is 0 Å². The summed E-state index contributed by atoms with van der Waals surface area (Å²) in [6.45, 7) is 7.73. The molecule has 1 aromatic heterocycles. The molecule has 4 atom stereocenters. The molecule has 0 N–H and O–H groups in total. The fraction of sp³-hybridized carbons (Fsp3) is 0.615. The van der Waals surface area contributed by atoms with Crippen molar-refractivity contribution in [2.24, 2.45) is 17.8 Å². The van der Waals surface area contributed by atoms with Crippen LogP contribution < -0.4 is 0 Å². The van der Waals surface area contributed by atoms with Crippen molar-refractivity contribution in [1.29, 1.82) is 0 Å². The van der Waals surface area contributed by atoms with Crippen LogP contribution in [0.4, 0.5) is 0 Å². The van der Waals surface area contributed by atoms with Gasteiger partial charge in [0.2, 0.25) is 5.91 Å². The van der Waals surface area contributed by atoms with Gasteiger partial charge >= 0.3 is 0 Å². The molecule has 1 aromatic carbocycles. The molecule has 0 aliphatic carbocycles. The van der Waals surface area contributed by atoms with Crippen molar-refractivity contribution in [3.63, 3.8) is 0 Å². The van der Waals surface area contributed by atoms with E-state index in [9.17, 15) is 4.79 Å². The van der Waals surface area contributed by atoms with Crippen molar-refractivity contribution >= 4 is 5.91 Å². The summed E-state index contributed by atoms with van der Waals surface area (Å²) >= 11 is 0. The molecule has 0 saturated carbocycles. The van der Waals surface area contributed by atoms with E-state index >= 15 is 0 Å². The minimum atomic E-state index is 0.426. The number of benzene rings is 1. The van der Waals surface area contributed by atoms with E-state index in [2.05, 4.69) is 63.8 Å². The Kier molecular flexibility index (Phi) is 5.87. The van der Waals surface area contributed by atoms with Crippen molar-refractivity contribution in [2.75, 3.05) is 13.1 Å². The predicted molar refractivity (Wildman–Crippen MR) is 123 cm³/mol. The molecule has 166 valence electrons. The smallest absolute Gasteiger partial charge is 0.223 e. The third kappa shape index (κ3) is 4.17. The summed E-state index contributed by atoms with van der Waals surface area (Å²) in [4.78, 5) is 18.0. The van der Waals surface area contributed by atoms with E-state index in [-0.39, 0.29) is 0 Å². The molecule has 3 saturated heterocycles. The summed E-state index contributed by atoms with van der Waals surface area (Å²) in [6, 6.07) is 13.5. The lowest BCUT2D eigenvalue weighted by Crippen LogP contribution is -2.64. The number of fused-ring (bicyclic) bond motifs is 4. The molecule has 2 bridgehead atoms. The summed E-state index contributed by atoms with van der Waals surface area (Å²) in [7, 11) is 0. The van der Waals surface area contributed by atoms with Gasteiger partial charge in [-0.3, -0.25) is 9.69 Å². The number of likely N-dealkylation sites (tertiary alicyclic amines) is 1. The molecule has 3 aliphatic heterocycles. The van der Waals surface area contributed by atoms with E-state index < -0.39 is 0 Å². The van der Waals surface area contributed by atoms with Gasteiger partial charge in [0.15, 0.2) is 0 Å². The number of para-hydroxylation sites is 1. The normalized spacial score (nSPS) is 28.7. The Hall–Kier alpha value is -2.14. The Morgan fingerprint density at radius 1 is 1.10 bits per heavy atom. The molecule has 1 amide bonds. The largest absolute Gasteiger partial charge is 0.336 e. The number of nitrogens with zero attached hydrogens (tertiary/aromatic N) is 4. The first-order chi connectivity index (χ1) is 15.1. The second kappa shape index (κ2) is 8.78. The molecule has 3 fully saturated rings. The number of amides is 1. The topological polar surface area (TPSA) is 41.4 Å². The second-order valence-electron chi connectivity index (χ2n) is 10.3. The van der Waals surface area contributed by atoms with Crippen LogP contribution in [0.15, 0.2) is 42.6 Å². The number of carbonyl (C=O) groups is 1. The van der Waals surface area contributed by atoms with Crippen molar-refractivity contribution in [1.82, 2.24) is 19.6 Å². The second-order valence-corrected chi connectivity index (χ2v) is 10.3. The summed E-state index contributed by atoms with van der Waals surface area (Å²) in [6.07, 6.45) is 8.60. The Bertz CT molecular complexity index is 892. The van der Waals surface area contributed by atoms with Crippen molar-refractivity contribution in [3.05, 3.63) is 48.3 Å². The maximum absolute atomic E-state index is 13.0. The number of rotatable bonds is 6. The summed E-state index contributed by atoms with van der Waals surface area (Å²) in [5.74, 6) is 2.33. The van der Waals surface area contributed by atoms with Crippen LogP contribution in [0.3, 0.4) is 0 Å². The molecular weight excluding hydrogens is 384 g/mol. The number of carbonyl (C=O) groups excluding carboxylic acids is 1. The van der Waals surface area contributed by atoms with Gasteiger partial charge in [0, 0.05) is 44.3 Å². The SMILES string of the molecule is CC(C)CC[C@H]1[C@H]2C[C@H](CN(Cc3ccnn3-c3ccccc3)C2)[C@@H]2CCCC(=O)N21. The fourth-order valence-corrected chi connectivity index (χ4v) is 6.36. The number of hydrogen-bond acceptors (Lipinski definition) is 3. The highest BCUT2D eigenvalue weighted by molar-refractivity contribution is 5.78. The first kappa shape index (κ1) is 20.7. The van der Waals surface area contributed by atoms with E-state index in [0.717, 1.165) is 44.6 Å². The van der Waals surface area contributed by atoms with Gasteiger partial charge in [-0.1, -0.05) is 32.0 Å². The number of aromatic nitrogens is 2. The monoisotopic (exact) mass is 420 g/mol. The molecule has 0 spiro atoms. The zero-order valence-corrected chi connectivity index (χ0v) is 19.0. The molecule has 3 aliphatic rings. The van der Waals surface area contributed by atoms with Crippen LogP contribution in [0, 0.1) is 17.8 Å². The van der Waals surface area contributed by atoms with Gasteiger partial charge < -0.3 is 4.90 Å². The Morgan fingerprint density at radius 3 is 2.71 bits per heavy atom. The van der Waals surface area contributed by atoms with Crippen molar-refractivity contribution < 1.29 is 4.79 Å². The summed E-state index contributed by atoms with van der Waals surface area (Å²) in [5, 5.41) is 4.60. The average Bonchev–Trinajstić information content (AvgIpc) is 3.22. The summed E-state index contributed by atoms with van der Waals surface area (Å²) in [5.41, 5.74) is 2.38. The average molecular weight is 421 g/mol. The van der Waals surface area contributed by atoms with Crippen LogP contribution >= 0.6 is 0 Å². The quantitative estimate of drug-likeness (QED) is 0.690. The van der Waals surface area contributed by atoms with E-state index in [1.54, 1.807) is 0 Å². The highest BCUT2D eigenvalue weighted by Crippen LogP contribution is 2.43. The number of piperidine rings is 3. The molecule has 5 heteroatoms. The Morgan fingerprint density at radius 2 is 1.90 bits per heavy atom. The standard InChI is InChI=1S/C26H36N4O/c1-19(2)11-12-25-21-15-20(24-9-6-10-26(31)29(24)25)16-28(17-21)18-23-13-14-27-30(23)22-7-4-3-5-8-22/h3-5,7-8,13-14,19-21,24-25H,6,9-12,15-18H2,1-2H3/t20-,21+,24+,25+/m1/s1. The van der Waals surface area contributed by atoms with Crippen molar-refractivity contribution in [3.8, 4) is 5.69 Å². The highest BCUT2D eigenvalue weighted by atomic mass is 16.2. The van der Waals surface area contributed by atoms with Crippen LogP contribution in [-0.2, 0) is 11.3 Å². The third-order valence-corrected chi connectivity index (χ3v) is 7.72. The van der Waals surface area contributed by atoms with Gasteiger partial charge in [-0.2, -0.15) is 5.10 Å². The lowest BCUT2D eigenvalue weighted by Gasteiger charge is -2.57. The Balaban J connectivity index is 1.36. The third-order valence-electron chi connectivity index (χ3n) is 7.72. The molecular formula is C26H36N4O. The maximum atomic E-state index is 13.0. The lowest BCUT2D eigenvalue weighted by atomic mass is 9.70. The first-order valence-electron chi connectivity index (χ1n) is 12.2. The van der Waals surface area contributed by atoms with Gasteiger partial charge in [-0.05, 0) is 68.1 Å². The molecule has 31 heavy (non-hydrogen) atoms.